The van der Waals surface area contributed by atoms with E-state index in [1.165, 1.54) is 44.1 Å². The van der Waals surface area contributed by atoms with Gasteiger partial charge in [0.25, 0.3) is 0 Å². The van der Waals surface area contributed by atoms with Crippen molar-refractivity contribution in [1.29, 1.82) is 0 Å². The molecule has 0 aromatic carbocycles. The summed E-state index contributed by atoms with van der Waals surface area (Å²) < 4.78 is 0. The van der Waals surface area contributed by atoms with Crippen molar-refractivity contribution in [3.05, 3.63) is 23.9 Å². The number of pyridine rings is 1. The number of nitrogens with two attached hydrogens (primary N) is 1. The minimum absolute atomic E-state index is 0.640. The molecular formula is C19H31N5. The molecule has 5 heteroatoms. The second-order valence-electron chi connectivity index (χ2n) is 7.27. The van der Waals surface area contributed by atoms with Crippen LogP contribution in [0.25, 0.3) is 0 Å². The average Bonchev–Trinajstić information content (AvgIpc) is 2.90. The first-order valence-corrected chi connectivity index (χ1v) is 9.47. The lowest BCUT2D eigenvalue weighted by Gasteiger charge is -2.31. The molecule has 2 fully saturated rings. The van der Waals surface area contributed by atoms with Gasteiger partial charge in [0.05, 0.1) is 6.54 Å². The van der Waals surface area contributed by atoms with E-state index in [-0.39, 0.29) is 0 Å². The summed E-state index contributed by atoms with van der Waals surface area (Å²) in [5, 5.41) is 0. The molecule has 2 N–H and O–H groups in total. The van der Waals surface area contributed by atoms with Gasteiger partial charge in [-0.05, 0) is 49.3 Å². The molecule has 0 bridgehead atoms. The molecule has 3 rings (SSSR count). The van der Waals surface area contributed by atoms with Crippen molar-refractivity contribution in [2.75, 3.05) is 31.1 Å². The number of guanidine groups is 1. The van der Waals surface area contributed by atoms with Gasteiger partial charge < -0.3 is 15.5 Å². The lowest BCUT2D eigenvalue weighted by molar-refractivity contribution is 0.277. The van der Waals surface area contributed by atoms with Gasteiger partial charge in [0.15, 0.2) is 5.96 Å². The van der Waals surface area contributed by atoms with Gasteiger partial charge in [0.2, 0.25) is 0 Å². The van der Waals surface area contributed by atoms with Crippen molar-refractivity contribution >= 4 is 11.8 Å². The highest BCUT2D eigenvalue weighted by molar-refractivity contribution is 5.78. The van der Waals surface area contributed by atoms with Crippen molar-refractivity contribution in [2.24, 2.45) is 16.6 Å². The van der Waals surface area contributed by atoms with Crippen molar-refractivity contribution in [3.8, 4) is 0 Å². The SMILES string of the molecule is CC1CCN(C(N)=NCc2ccnc(N3CCCCCC3)c2)CC1. The van der Waals surface area contributed by atoms with Crippen LogP contribution >= 0.6 is 0 Å². The van der Waals surface area contributed by atoms with Crippen LogP contribution in [0.4, 0.5) is 5.82 Å². The summed E-state index contributed by atoms with van der Waals surface area (Å²) in [4.78, 5) is 13.8. The summed E-state index contributed by atoms with van der Waals surface area (Å²) in [6, 6.07) is 4.23. The number of piperidine rings is 1. The van der Waals surface area contributed by atoms with Gasteiger partial charge in [0, 0.05) is 32.4 Å². The summed E-state index contributed by atoms with van der Waals surface area (Å²) >= 11 is 0. The van der Waals surface area contributed by atoms with E-state index in [9.17, 15) is 0 Å². The summed E-state index contributed by atoms with van der Waals surface area (Å²) in [5.41, 5.74) is 7.39. The molecule has 0 saturated carbocycles. The molecule has 0 radical (unpaired) electrons. The highest BCUT2D eigenvalue weighted by Crippen LogP contribution is 2.19. The maximum absolute atomic E-state index is 6.19. The minimum atomic E-state index is 0.640. The Balaban J connectivity index is 1.60. The van der Waals surface area contributed by atoms with Gasteiger partial charge in [-0.25, -0.2) is 9.98 Å². The Bertz CT molecular complexity index is 540. The number of likely N-dealkylation sites (tertiary alicyclic amines) is 1. The second-order valence-corrected chi connectivity index (χ2v) is 7.27. The van der Waals surface area contributed by atoms with Crippen LogP contribution < -0.4 is 10.6 Å². The molecule has 0 unspecified atom stereocenters. The first kappa shape index (κ1) is 17.1. The number of aliphatic imine (C=N–C) groups is 1. The van der Waals surface area contributed by atoms with E-state index in [1.807, 2.05) is 6.20 Å². The van der Waals surface area contributed by atoms with Crippen LogP contribution in [0.5, 0.6) is 0 Å². The van der Waals surface area contributed by atoms with Crippen LogP contribution in [-0.2, 0) is 6.54 Å². The maximum atomic E-state index is 6.19. The zero-order valence-corrected chi connectivity index (χ0v) is 15.0. The van der Waals surface area contributed by atoms with Crippen LogP contribution in [0.2, 0.25) is 0 Å². The van der Waals surface area contributed by atoms with Gasteiger partial charge in [-0.3, -0.25) is 0 Å². The Labute approximate surface area is 146 Å². The number of aromatic nitrogens is 1. The Morgan fingerprint density at radius 1 is 1.17 bits per heavy atom. The van der Waals surface area contributed by atoms with Crippen LogP contribution in [0.15, 0.2) is 23.3 Å². The molecule has 24 heavy (non-hydrogen) atoms. The van der Waals surface area contributed by atoms with Gasteiger partial charge >= 0.3 is 0 Å². The van der Waals surface area contributed by atoms with E-state index in [2.05, 4.69) is 38.8 Å². The Hall–Kier alpha value is -1.78. The smallest absolute Gasteiger partial charge is 0.191 e. The third-order valence-electron chi connectivity index (χ3n) is 5.27. The first-order chi connectivity index (χ1) is 11.7. The van der Waals surface area contributed by atoms with Gasteiger partial charge in [-0.2, -0.15) is 0 Å². The zero-order chi connectivity index (χ0) is 16.8. The maximum Gasteiger partial charge on any atom is 0.191 e. The van der Waals surface area contributed by atoms with E-state index in [4.69, 9.17) is 5.73 Å². The van der Waals surface area contributed by atoms with Crippen molar-refractivity contribution in [1.82, 2.24) is 9.88 Å². The largest absolute Gasteiger partial charge is 0.370 e. The molecule has 2 aliphatic rings. The molecule has 5 nitrogen and oxygen atoms in total. The molecule has 3 heterocycles. The standard InChI is InChI=1S/C19H31N5/c1-16-7-12-24(13-8-16)19(20)22-15-17-6-9-21-18(14-17)23-10-4-2-3-5-11-23/h6,9,14,16H,2-5,7-8,10-13,15H2,1H3,(H2,20,22). The highest BCUT2D eigenvalue weighted by Gasteiger charge is 2.17. The van der Waals surface area contributed by atoms with Crippen LogP contribution in [0, 0.1) is 5.92 Å². The third-order valence-corrected chi connectivity index (χ3v) is 5.27. The predicted octanol–water partition coefficient (Wildman–Crippen LogP) is 3.01. The van der Waals surface area contributed by atoms with Crippen LogP contribution in [-0.4, -0.2) is 42.0 Å². The molecule has 0 atom stereocenters. The number of rotatable bonds is 3. The topological polar surface area (TPSA) is 57.8 Å². The number of hydrogen-bond acceptors (Lipinski definition) is 3. The lowest BCUT2D eigenvalue weighted by Crippen LogP contribution is -2.42. The molecule has 132 valence electrons. The Kier molecular flexibility index (Phi) is 5.94. The van der Waals surface area contributed by atoms with Crippen molar-refractivity contribution in [3.63, 3.8) is 0 Å². The van der Waals surface area contributed by atoms with Crippen molar-refractivity contribution in [2.45, 2.75) is 52.0 Å². The van der Waals surface area contributed by atoms with E-state index in [0.717, 1.165) is 37.9 Å². The molecule has 2 saturated heterocycles. The summed E-state index contributed by atoms with van der Waals surface area (Å²) in [5.74, 6) is 2.59. The summed E-state index contributed by atoms with van der Waals surface area (Å²) in [7, 11) is 0. The number of hydrogen-bond donors (Lipinski definition) is 1. The van der Waals surface area contributed by atoms with Crippen LogP contribution in [0.1, 0.15) is 51.0 Å². The zero-order valence-electron chi connectivity index (χ0n) is 15.0. The minimum Gasteiger partial charge on any atom is -0.370 e. The average molecular weight is 329 g/mol. The fraction of sp³-hybridized carbons (Fsp3) is 0.684. The Morgan fingerprint density at radius 3 is 2.58 bits per heavy atom. The van der Waals surface area contributed by atoms with Gasteiger partial charge in [-0.1, -0.05) is 19.8 Å². The third kappa shape index (κ3) is 4.62. The lowest BCUT2D eigenvalue weighted by atomic mass is 10.00. The molecule has 0 aliphatic carbocycles. The van der Waals surface area contributed by atoms with E-state index < -0.39 is 0 Å². The predicted molar refractivity (Wildman–Crippen MR) is 100 cm³/mol. The molecular weight excluding hydrogens is 298 g/mol. The number of anilines is 1. The molecule has 2 aliphatic heterocycles. The first-order valence-electron chi connectivity index (χ1n) is 9.47. The van der Waals surface area contributed by atoms with E-state index in [0.29, 0.717) is 12.5 Å². The summed E-state index contributed by atoms with van der Waals surface area (Å²) in [6.07, 6.45) is 9.55. The Morgan fingerprint density at radius 2 is 1.88 bits per heavy atom. The molecule has 1 aromatic heterocycles. The van der Waals surface area contributed by atoms with E-state index >= 15 is 0 Å². The molecule has 0 spiro atoms. The second kappa shape index (κ2) is 8.36. The van der Waals surface area contributed by atoms with E-state index in [1.54, 1.807) is 0 Å². The van der Waals surface area contributed by atoms with Crippen LogP contribution in [0.3, 0.4) is 0 Å². The monoisotopic (exact) mass is 329 g/mol. The van der Waals surface area contributed by atoms with Crippen molar-refractivity contribution < 1.29 is 0 Å². The molecule has 1 aromatic rings. The van der Waals surface area contributed by atoms with Gasteiger partial charge in [0.1, 0.15) is 5.82 Å². The fourth-order valence-electron chi connectivity index (χ4n) is 3.54. The number of nitrogens with zero attached hydrogens (tertiary/aromatic N) is 4. The molecule has 0 amide bonds. The summed E-state index contributed by atoms with van der Waals surface area (Å²) in [6.45, 7) is 7.26. The van der Waals surface area contributed by atoms with Gasteiger partial charge in [-0.15, -0.1) is 0 Å². The fourth-order valence-corrected chi connectivity index (χ4v) is 3.54. The quantitative estimate of drug-likeness (QED) is 0.684. The highest BCUT2D eigenvalue weighted by atomic mass is 15.3. The normalized spacial score (nSPS) is 21.0.